The van der Waals surface area contributed by atoms with E-state index in [0.717, 1.165) is 16.9 Å². The molecule has 1 aromatic heterocycles. The number of benzene rings is 1. The lowest BCUT2D eigenvalue weighted by Crippen LogP contribution is -2.29. The first kappa shape index (κ1) is 17.3. The van der Waals surface area contributed by atoms with Crippen molar-refractivity contribution in [3.8, 4) is 5.75 Å². The van der Waals surface area contributed by atoms with E-state index in [1.807, 2.05) is 38.1 Å². The Labute approximate surface area is 141 Å². The van der Waals surface area contributed by atoms with Gasteiger partial charge in [0.15, 0.2) is 0 Å². The zero-order valence-electron chi connectivity index (χ0n) is 13.4. The van der Waals surface area contributed by atoms with Gasteiger partial charge in [0.1, 0.15) is 5.75 Å². The molecule has 2 rings (SSSR count). The standard InChI is InChI=1S/C18H21ClN2O2/c1-3-23-17-7-6-16(19)11-14(17)8-10-21-18(22)13(2)15-5-4-9-20-12-15/h4-7,9,11-13H,3,8,10H2,1-2H3,(H,21,22). The van der Waals surface area contributed by atoms with Crippen LogP contribution in [0.5, 0.6) is 5.75 Å². The van der Waals surface area contributed by atoms with Crippen molar-refractivity contribution in [1.82, 2.24) is 10.3 Å². The molecule has 4 nitrogen and oxygen atoms in total. The van der Waals surface area contributed by atoms with Gasteiger partial charge in [-0.15, -0.1) is 0 Å². The summed E-state index contributed by atoms with van der Waals surface area (Å²) < 4.78 is 5.59. The number of halogens is 1. The minimum absolute atomic E-state index is 0.0158. The molecule has 122 valence electrons. The number of rotatable bonds is 7. The van der Waals surface area contributed by atoms with Gasteiger partial charge in [0.2, 0.25) is 5.91 Å². The smallest absolute Gasteiger partial charge is 0.227 e. The molecular weight excluding hydrogens is 312 g/mol. The Morgan fingerprint density at radius 1 is 1.39 bits per heavy atom. The largest absolute Gasteiger partial charge is 0.494 e. The van der Waals surface area contributed by atoms with Crippen LogP contribution in [0.4, 0.5) is 0 Å². The predicted molar refractivity (Wildman–Crippen MR) is 92.0 cm³/mol. The monoisotopic (exact) mass is 332 g/mol. The SMILES string of the molecule is CCOc1ccc(Cl)cc1CCNC(=O)C(C)c1cccnc1. The first-order valence-electron chi connectivity index (χ1n) is 7.70. The number of hydrogen-bond donors (Lipinski definition) is 1. The van der Waals surface area contributed by atoms with Gasteiger partial charge in [-0.05, 0) is 55.7 Å². The summed E-state index contributed by atoms with van der Waals surface area (Å²) in [5, 5.41) is 3.62. The Kier molecular flexibility index (Phi) is 6.41. The molecule has 2 aromatic rings. The molecule has 1 amide bonds. The summed E-state index contributed by atoms with van der Waals surface area (Å²) in [5.41, 5.74) is 1.90. The summed E-state index contributed by atoms with van der Waals surface area (Å²) in [6.45, 7) is 4.94. The summed E-state index contributed by atoms with van der Waals surface area (Å²) in [6.07, 6.45) is 4.08. The van der Waals surface area contributed by atoms with Gasteiger partial charge in [0.05, 0.1) is 12.5 Å². The molecule has 5 heteroatoms. The second-order valence-corrected chi connectivity index (χ2v) is 5.67. The van der Waals surface area contributed by atoms with Gasteiger partial charge in [0.25, 0.3) is 0 Å². The Bertz CT molecular complexity index is 647. The van der Waals surface area contributed by atoms with E-state index in [2.05, 4.69) is 10.3 Å². The normalized spacial score (nSPS) is 11.8. The maximum atomic E-state index is 12.2. The van der Waals surface area contributed by atoms with Gasteiger partial charge in [0, 0.05) is 24.0 Å². The van der Waals surface area contributed by atoms with Gasteiger partial charge >= 0.3 is 0 Å². The number of carbonyl (C=O) groups is 1. The van der Waals surface area contributed by atoms with Crippen molar-refractivity contribution in [3.05, 3.63) is 58.9 Å². The van der Waals surface area contributed by atoms with E-state index in [4.69, 9.17) is 16.3 Å². The molecule has 1 N–H and O–H groups in total. The number of amides is 1. The molecule has 0 bridgehead atoms. The summed E-state index contributed by atoms with van der Waals surface area (Å²) in [6, 6.07) is 9.28. The number of hydrogen-bond acceptors (Lipinski definition) is 3. The molecule has 23 heavy (non-hydrogen) atoms. The molecule has 0 aliphatic heterocycles. The van der Waals surface area contributed by atoms with E-state index in [9.17, 15) is 4.79 Å². The predicted octanol–water partition coefficient (Wildman–Crippen LogP) is 3.60. The van der Waals surface area contributed by atoms with Gasteiger partial charge in [-0.1, -0.05) is 17.7 Å². The first-order chi connectivity index (χ1) is 11.1. The van der Waals surface area contributed by atoms with Gasteiger partial charge in [-0.3, -0.25) is 9.78 Å². The fourth-order valence-electron chi connectivity index (χ4n) is 2.30. The van der Waals surface area contributed by atoms with E-state index in [0.29, 0.717) is 24.6 Å². The summed E-state index contributed by atoms with van der Waals surface area (Å²) in [4.78, 5) is 16.3. The Balaban J connectivity index is 1.92. The van der Waals surface area contributed by atoms with Crippen LogP contribution in [-0.2, 0) is 11.2 Å². The van der Waals surface area contributed by atoms with Crippen molar-refractivity contribution in [1.29, 1.82) is 0 Å². The third kappa shape index (κ3) is 4.96. The second-order valence-electron chi connectivity index (χ2n) is 5.23. The minimum atomic E-state index is -0.227. The minimum Gasteiger partial charge on any atom is -0.494 e. The highest BCUT2D eigenvalue weighted by molar-refractivity contribution is 6.30. The Morgan fingerprint density at radius 2 is 2.22 bits per heavy atom. The van der Waals surface area contributed by atoms with Crippen molar-refractivity contribution in [3.63, 3.8) is 0 Å². The molecule has 0 saturated heterocycles. The van der Waals surface area contributed by atoms with Gasteiger partial charge in [-0.25, -0.2) is 0 Å². The molecule has 1 atom stereocenters. The van der Waals surface area contributed by atoms with Crippen molar-refractivity contribution >= 4 is 17.5 Å². The molecule has 0 saturated carbocycles. The Morgan fingerprint density at radius 3 is 2.91 bits per heavy atom. The van der Waals surface area contributed by atoms with Crippen LogP contribution in [0.1, 0.15) is 30.9 Å². The average Bonchev–Trinajstić information content (AvgIpc) is 2.57. The summed E-state index contributed by atoms with van der Waals surface area (Å²) in [7, 11) is 0. The molecule has 0 spiro atoms. The van der Waals surface area contributed by atoms with Crippen LogP contribution in [0, 0.1) is 0 Å². The molecule has 0 fully saturated rings. The van der Waals surface area contributed by atoms with E-state index in [-0.39, 0.29) is 11.8 Å². The number of nitrogens with zero attached hydrogens (tertiary/aromatic N) is 1. The average molecular weight is 333 g/mol. The number of nitrogens with one attached hydrogen (secondary N) is 1. The second kappa shape index (κ2) is 8.53. The van der Waals surface area contributed by atoms with Crippen molar-refractivity contribution in [2.24, 2.45) is 0 Å². The quantitative estimate of drug-likeness (QED) is 0.843. The highest BCUT2D eigenvalue weighted by Gasteiger charge is 2.15. The molecule has 1 aromatic carbocycles. The lowest BCUT2D eigenvalue weighted by molar-refractivity contribution is -0.122. The van der Waals surface area contributed by atoms with Crippen LogP contribution < -0.4 is 10.1 Å². The van der Waals surface area contributed by atoms with Crippen LogP contribution in [-0.4, -0.2) is 24.0 Å². The van der Waals surface area contributed by atoms with Crippen LogP contribution in [0.2, 0.25) is 5.02 Å². The number of carbonyl (C=O) groups excluding carboxylic acids is 1. The summed E-state index contributed by atoms with van der Waals surface area (Å²) >= 11 is 6.04. The number of aromatic nitrogens is 1. The lowest BCUT2D eigenvalue weighted by Gasteiger charge is -2.14. The first-order valence-corrected chi connectivity index (χ1v) is 8.08. The van der Waals surface area contributed by atoms with Gasteiger partial charge in [-0.2, -0.15) is 0 Å². The lowest BCUT2D eigenvalue weighted by atomic mass is 10.0. The topological polar surface area (TPSA) is 51.2 Å². The van der Waals surface area contributed by atoms with Crippen LogP contribution in [0.25, 0.3) is 0 Å². The Hall–Kier alpha value is -2.07. The molecule has 0 radical (unpaired) electrons. The fourth-order valence-corrected chi connectivity index (χ4v) is 2.49. The van der Waals surface area contributed by atoms with Crippen molar-refractivity contribution in [2.45, 2.75) is 26.2 Å². The molecular formula is C18H21ClN2O2. The van der Waals surface area contributed by atoms with Crippen molar-refractivity contribution < 1.29 is 9.53 Å². The van der Waals surface area contributed by atoms with E-state index in [1.54, 1.807) is 18.5 Å². The molecule has 0 aliphatic rings. The molecule has 1 unspecified atom stereocenters. The molecule has 1 heterocycles. The van der Waals surface area contributed by atoms with E-state index in [1.165, 1.54) is 0 Å². The zero-order chi connectivity index (χ0) is 16.7. The number of ether oxygens (including phenoxy) is 1. The van der Waals surface area contributed by atoms with E-state index >= 15 is 0 Å². The van der Waals surface area contributed by atoms with Crippen LogP contribution >= 0.6 is 11.6 Å². The van der Waals surface area contributed by atoms with Crippen LogP contribution in [0.15, 0.2) is 42.7 Å². The highest BCUT2D eigenvalue weighted by atomic mass is 35.5. The summed E-state index contributed by atoms with van der Waals surface area (Å²) in [5.74, 6) is 0.568. The van der Waals surface area contributed by atoms with E-state index < -0.39 is 0 Å². The zero-order valence-corrected chi connectivity index (χ0v) is 14.1. The van der Waals surface area contributed by atoms with Gasteiger partial charge < -0.3 is 10.1 Å². The highest BCUT2D eigenvalue weighted by Crippen LogP contribution is 2.23. The third-order valence-electron chi connectivity index (χ3n) is 3.59. The number of pyridine rings is 1. The van der Waals surface area contributed by atoms with Crippen molar-refractivity contribution in [2.75, 3.05) is 13.2 Å². The maximum Gasteiger partial charge on any atom is 0.227 e. The fraction of sp³-hybridized carbons (Fsp3) is 0.333. The molecule has 0 aliphatic carbocycles. The maximum absolute atomic E-state index is 12.2. The van der Waals surface area contributed by atoms with Crippen LogP contribution in [0.3, 0.4) is 0 Å². The third-order valence-corrected chi connectivity index (χ3v) is 3.83.